The minimum atomic E-state index is -1.14. The van der Waals surface area contributed by atoms with Gasteiger partial charge in [0.25, 0.3) is 0 Å². The average Bonchev–Trinajstić information content (AvgIpc) is 2.74. The molecule has 0 radical (unpaired) electrons. The number of aromatic hydroxyl groups is 1. The Morgan fingerprint density at radius 2 is 1.49 bits per heavy atom. The highest BCUT2D eigenvalue weighted by Crippen LogP contribution is 2.10. The molecule has 0 fully saturated rings. The zero-order valence-corrected chi connectivity index (χ0v) is 21.2. The van der Waals surface area contributed by atoms with Gasteiger partial charge in [0.1, 0.15) is 29.3 Å². The molecule has 8 nitrogen and oxygen atoms in total. The molecule has 2 aromatic rings. The number of carbonyl (C=O) groups excluding carboxylic acids is 3. The van der Waals surface area contributed by atoms with Gasteiger partial charge in [-0.1, -0.05) is 29.8 Å². The van der Waals surface area contributed by atoms with Crippen LogP contribution in [-0.4, -0.2) is 47.2 Å². The van der Waals surface area contributed by atoms with Crippen molar-refractivity contribution in [1.29, 1.82) is 0 Å². The van der Waals surface area contributed by atoms with Crippen LogP contribution in [0.1, 0.15) is 45.7 Å². The molecule has 3 amide bonds. The SMILES string of the molecule is CC(C)(C)OC(=O)NCC(=O)NC(C)(C)C(=O)NCCc1ccc(O)cc1.Cc1ccc(F)cc1. The fourth-order valence-corrected chi connectivity index (χ4v) is 2.65. The first-order valence-corrected chi connectivity index (χ1v) is 11.2. The van der Waals surface area contributed by atoms with E-state index in [1.807, 2.05) is 6.92 Å². The fourth-order valence-electron chi connectivity index (χ4n) is 2.65. The Hall–Kier alpha value is -3.62. The van der Waals surface area contributed by atoms with Crippen molar-refractivity contribution in [2.45, 2.75) is 59.1 Å². The molecule has 2 aromatic carbocycles. The highest BCUT2D eigenvalue weighted by atomic mass is 19.1. The van der Waals surface area contributed by atoms with Crippen LogP contribution in [0.3, 0.4) is 0 Å². The average molecular weight is 490 g/mol. The topological polar surface area (TPSA) is 117 Å². The molecule has 192 valence electrons. The maximum absolute atomic E-state index is 12.3. The highest BCUT2D eigenvalue weighted by molar-refractivity contribution is 5.92. The first kappa shape index (κ1) is 29.4. The van der Waals surface area contributed by atoms with Crippen molar-refractivity contribution in [3.8, 4) is 5.75 Å². The van der Waals surface area contributed by atoms with Crippen molar-refractivity contribution >= 4 is 17.9 Å². The molecule has 0 unspecified atom stereocenters. The highest BCUT2D eigenvalue weighted by Gasteiger charge is 2.29. The summed E-state index contributed by atoms with van der Waals surface area (Å²) < 4.78 is 17.1. The molecule has 0 heterocycles. The molecule has 0 bridgehead atoms. The summed E-state index contributed by atoms with van der Waals surface area (Å²) in [5, 5.41) is 16.9. The van der Waals surface area contributed by atoms with Gasteiger partial charge in [0.05, 0.1) is 0 Å². The molecule has 35 heavy (non-hydrogen) atoms. The van der Waals surface area contributed by atoms with Gasteiger partial charge >= 0.3 is 6.09 Å². The van der Waals surface area contributed by atoms with E-state index >= 15 is 0 Å². The third-order valence-electron chi connectivity index (χ3n) is 4.46. The summed E-state index contributed by atoms with van der Waals surface area (Å²) in [5.41, 5.74) is 0.265. The number of amides is 3. The Balaban J connectivity index is 0.000000642. The Kier molecular flexibility index (Phi) is 11.2. The number of aryl methyl sites for hydroxylation is 1. The second-order valence-electron chi connectivity index (χ2n) is 9.50. The quantitative estimate of drug-likeness (QED) is 0.474. The van der Waals surface area contributed by atoms with Gasteiger partial charge in [-0.2, -0.15) is 0 Å². The van der Waals surface area contributed by atoms with E-state index in [2.05, 4.69) is 16.0 Å². The van der Waals surface area contributed by atoms with E-state index in [9.17, 15) is 23.9 Å². The second-order valence-corrected chi connectivity index (χ2v) is 9.50. The van der Waals surface area contributed by atoms with Crippen molar-refractivity contribution in [3.63, 3.8) is 0 Å². The molecule has 4 N–H and O–H groups in total. The number of hydrogen-bond donors (Lipinski definition) is 4. The summed E-state index contributed by atoms with van der Waals surface area (Å²) >= 11 is 0. The number of ether oxygens (including phenoxy) is 1. The van der Waals surface area contributed by atoms with E-state index in [4.69, 9.17) is 4.74 Å². The Bertz CT molecular complexity index is 947. The minimum Gasteiger partial charge on any atom is -0.508 e. The lowest BCUT2D eigenvalue weighted by Gasteiger charge is -2.25. The van der Waals surface area contributed by atoms with Gasteiger partial charge in [0.2, 0.25) is 11.8 Å². The van der Waals surface area contributed by atoms with E-state index in [1.165, 1.54) is 12.1 Å². The molecule has 0 saturated heterocycles. The summed E-state index contributed by atoms with van der Waals surface area (Å²) in [4.78, 5) is 35.8. The maximum Gasteiger partial charge on any atom is 0.408 e. The molecule has 2 rings (SSSR count). The lowest BCUT2D eigenvalue weighted by molar-refractivity contribution is -0.131. The number of phenols is 1. The molecule has 0 atom stereocenters. The third kappa shape index (κ3) is 13.0. The summed E-state index contributed by atoms with van der Waals surface area (Å²) in [6.45, 7) is 10.3. The summed E-state index contributed by atoms with van der Waals surface area (Å²) in [6, 6.07) is 13.1. The number of phenolic OH excluding ortho intramolecular Hbond substituents is 1. The van der Waals surface area contributed by atoms with Gasteiger partial charge in [-0.3, -0.25) is 9.59 Å². The number of carbonyl (C=O) groups is 3. The number of nitrogens with one attached hydrogen (secondary N) is 3. The van der Waals surface area contributed by atoms with Gasteiger partial charge in [-0.25, -0.2) is 9.18 Å². The van der Waals surface area contributed by atoms with Crippen LogP contribution in [-0.2, 0) is 20.7 Å². The van der Waals surface area contributed by atoms with Gasteiger partial charge in [-0.15, -0.1) is 0 Å². The Morgan fingerprint density at radius 1 is 0.914 bits per heavy atom. The monoisotopic (exact) mass is 489 g/mol. The predicted molar refractivity (Wildman–Crippen MR) is 132 cm³/mol. The van der Waals surface area contributed by atoms with Crippen LogP contribution in [0, 0.1) is 12.7 Å². The number of hydrogen-bond acceptors (Lipinski definition) is 5. The van der Waals surface area contributed by atoms with Crippen molar-refractivity contribution in [3.05, 3.63) is 65.5 Å². The molecular weight excluding hydrogens is 453 g/mol. The predicted octanol–water partition coefficient (Wildman–Crippen LogP) is 3.60. The van der Waals surface area contributed by atoms with E-state index in [0.717, 1.165) is 11.1 Å². The molecule has 0 aliphatic rings. The number of halogens is 1. The summed E-state index contributed by atoms with van der Waals surface area (Å²) in [6.07, 6.45) is -0.107. The fraction of sp³-hybridized carbons (Fsp3) is 0.423. The summed E-state index contributed by atoms with van der Waals surface area (Å²) in [7, 11) is 0. The lowest BCUT2D eigenvalue weighted by Crippen LogP contribution is -2.56. The van der Waals surface area contributed by atoms with Crippen LogP contribution in [0.2, 0.25) is 0 Å². The molecule has 9 heteroatoms. The van der Waals surface area contributed by atoms with Crippen LogP contribution in [0.5, 0.6) is 5.75 Å². The first-order valence-electron chi connectivity index (χ1n) is 11.2. The van der Waals surface area contributed by atoms with Crippen LogP contribution < -0.4 is 16.0 Å². The van der Waals surface area contributed by atoms with E-state index in [1.54, 1.807) is 71.0 Å². The maximum atomic E-state index is 12.3. The van der Waals surface area contributed by atoms with Crippen molar-refractivity contribution in [2.75, 3.05) is 13.1 Å². The summed E-state index contributed by atoms with van der Waals surface area (Å²) in [5.74, 6) is -0.825. The Morgan fingerprint density at radius 3 is 2.00 bits per heavy atom. The lowest BCUT2D eigenvalue weighted by atomic mass is 10.0. The van der Waals surface area contributed by atoms with Gasteiger partial charge in [0.15, 0.2) is 0 Å². The molecule has 0 spiro atoms. The van der Waals surface area contributed by atoms with Crippen LogP contribution in [0.15, 0.2) is 48.5 Å². The molecule has 0 saturated carbocycles. The first-order chi connectivity index (χ1) is 16.2. The zero-order chi connectivity index (χ0) is 26.6. The van der Waals surface area contributed by atoms with Gasteiger partial charge in [0, 0.05) is 6.54 Å². The van der Waals surface area contributed by atoms with Crippen molar-refractivity contribution < 1.29 is 28.6 Å². The van der Waals surface area contributed by atoms with Gasteiger partial charge < -0.3 is 25.8 Å². The van der Waals surface area contributed by atoms with E-state index in [-0.39, 0.29) is 24.0 Å². The normalized spacial score (nSPS) is 10.9. The largest absolute Gasteiger partial charge is 0.508 e. The van der Waals surface area contributed by atoms with Gasteiger partial charge in [-0.05, 0) is 77.8 Å². The number of alkyl carbamates (subject to hydrolysis) is 1. The smallest absolute Gasteiger partial charge is 0.408 e. The number of rotatable bonds is 7. The van der Waals surface area contributed by atoms with Crippen LogP contribution in [0.4, 0.5) is 9.18 Å². The second kappa shape index (κ2) is 13.3. The van der Waals surface area contributed by atoms with E-state index in [0.29, 0.717) is 13.0 Å². The van der Waals surface area contributed by atoms with Crippen LogP contribution in [0.25, 0.3) is 0 Å². The van der Waals surface area contributed by atoms with Crippen LogP contribution >= 0.6 is 0 Å². The molecule has 0 aromatic heterocycles. The third-order valence-corrected chi connectivity index (χ3v) is 4.46. The molecule has 0 aliphatic carbocycles. The molecule has 0 aliphatic heterocycles. The zero-order valence-electron chi connectivity index (χ0n) is 21.2. The Labute approximate surface area is 206 Å². The molecular formula is C26H36FN3O5. The van der Waals surface area contributed by atoms with E-state index < -0.39 is 23.1 Å². The van der Waals surface area contributed by atoms with Crippen molar-refractivity contribution in [2.24, 2.45) is 0 Å². The standard InChI is InChI=1S/C19H29N3O5.C7H7F/c1-18(2,3)27-17(26)21-12-15(24)22-19(4,5)16(25)20-11-10-13-6-8-14(23)9-7-13;1-6-2-4-7(8)5-3-6/h6-9,23H,10-12H2,1-5H3,(H,20,25)(H,21,26)(H,22,24);2-5H,1H3. The minimum absolute atomic E-state index is 0.171. The van der Waals surface area contributed by atoms with Crippen molar-refractivity contribution in [1.82, 2.24) is 16.0 Å². The number of benzene rings is 2.